The van der Waals surface area contributed by atoms with E-state index in [9.17, 15) is 9.59 Å². The second-order valence-electron chi connectivity index (χ2n) is 5.04. The van der Waals surface area contributed by atoms with Crippen molar-refractivity contribution in [1.82, 2.24) is 0 Å². The largest absolute Gasteiger partial charge is 0.297 e. The van der Waals surface area contributed by atoms with Gasteiger partial charge < -0.3 is 0 Å². The molecule has 2 aromatic carbocycles. The Hall–Kier alpha value is -2.84. The average molecular weight is 292 g/mol. The van der Waals surface area contributed by atoms with Gasteiger partial charge in [-0.2, -0.15) is 4.99 Å². The smallest absolute Gasteiger partial charge is 0.240 e. The number of rotatable bonds is 5. The van der Waals surface area contributed by atoms with Crippen LogP contribution in [0, 0.1) is 13.8 Å². The van der Waals surface area contributed by atoms with Crippen molar-refractivity contribution >= 4 is 30.0 Å². The van der Waals surface area contributed by atoms with E-state index in [2.05, 4.69) is 16.1 Å². The average Bonchev–Trinajstić information content (AvgIpc) is 2.49. The molecule has 0 fully saturated rings. The Balaban J connectivity index is 2.22. The predicted molar refractivity (Wildman–Crippen MR) is 87.2 cm³/mol. The molecule has 110 valence electrons. The van der Waals surface area contributed by atoms with Gasteiger partial charge in [-0.05, 0) is 54.7 Å². The van der Waals surface area contributed by atoms with E-state index in [0.29, 0.717) is 12.0 Å². The van der Waals surface area contributed by atoms with Crippen LogP contribution < -0.4 is 0 Å². The number of isocyanates is 1. The molecule has 4 heteroatoms. The van der Waals surface area contributed by atoms with Crippen molar-refractivity contribution in [3.8, 4) is 0 Å². The molecule has 2 rings (SSSR count). The van der Waals surface area contributed by atoms with Gasteiger partial charge in [-0.3, -0.25) is 9.79 Å². The van der Waals surface area contributed by atoms with Crippen molar-refractivity contribution in [3.05, 3.63) is 58.7 Å². The molecular weight excluding hydrogens is 276 g/mol. The van der Waals surface area contributed by atoms with E-state index in [-0.39, 0.29) is 0 Å². The Labute approximate surface area is 129 Å². The van der Waals surface area contributed by atoms with E-state index in [1.54, 1.807) is 6.08 Å². The van der Waals surface area contributed by atoms with E-state index < -0.39 is 0 Å². The monoisotopic (exact) mass is 292 g/mol. The lowest BCUT2D eigenvalue weighted by Crippen LogP contribution is -1.90. The van der Waals surface area contributed by atoms with Gasteiger partial charge in [-0.1, -0.05) is 24.3 Å². The van der Waals surface area contributed by atoms with E-state index in [4.69, 9.17) is 0 Å². The summed E-state index contributed by atoms with van der Waals surface area (Å²) in [5, 5.41) is 0. The number of nitrogens with zero attached hydrogens (tertiary/aromatic N) is 2. The van der Waals surface area contributed by atoms with Gasteiger partial charge in [0.1, 0.15) is 0 Å². The summed E-state index contributed by atoms with van der Waals surface area (Å²) in [5.41, 5.74) is 5.72. The molecule has 0 atom stereocenters. The summed E-state index contributed by atoms with van der Waals surface area (Å²) in [7, 11) is 0. The number of hydrogen-bond donors (Lipinski definition) is 0. The minimum atomic E-state index is 0.647. The fraction of sp³-hybridized carbons (Fsp3) is 0.167. The Morgan fingerprint density at radius 3 is 2.09 bits per heavy atom. The van der Waals surface area contributed by atoms with Crippen LogP contribution >= 0.6 is 0 Å². The first kappa shape index (κ1) is 15.5. The van der Waals surface area contributed by atoms with Crippen LogP contribution in [0.15, 0.2) is 46.4 Å². The SMILES string of the molecule is Cc1cc(Cc2ccc(N=CC=O)c(C)c2)ccc1N=C=O. The third-order valence-electron chi connectivity index (χ3n) is 3.37. The van der Waals surface area contributed by atoms with Gasteiger partial charge in [0.05, 0.1) is 17.6 Å². The first-order valence-electron chi connectivity index (χ1n) is 6.89. The topological polar surface area (TPSA) is 58.9 Å². The maximum Gasteiger partial charge on any atom is 0.240 e. The Morgan fingerprint density at radius 1 is 1.00 bits per heavy atom. The van der Waals surface area contributed by atoms with Gasteiger partial charge >= 0.3 is 0 Å². The quantitative estimate of drug-likeness (QED) is 0.478. The maximum atomic E-state index is 10.3. The van der Waals surface area contributed by atoms with Gasteiger partial charge in [0, 0.05) is 0 Å². The van der Waals surface area contributed by atoms with Crippen LogP contribution in [0.2, 0.25) is 0 Å². The van der Waals surface area contributed by atoms with Crippen LogP contribution in [0.25, 0.3) is 0 Å². The molecule has 0 amide bonds. The molecule has 0 aliphatic heterocycles. The second-order valence-corrected chi connectivity index (χ2v) is 5.04. The van der Waals surface area contributed by atoms with Crippen molar-refractivity contribution in [1.29, 1.82) is 0 Å². The number of aryl methyl sites for hydroxylation is 2. The second kappa shape index (κ2) is 7.25. The number of carbonyl (C=O) groups excluding carboxylic acids is 2. The molecule has 0 aliphatic carbocycles. The zero-order chi connectivity index (χ0) is 15.9. The highest BCUT2D eigenvalue weighted by Gasteiger charge is 2.03. The zero-order valence-electron chi connectivity index (χ0n) is 12.5. The van der Waals surface area contributed by atoms with Crippen molar-refractivity contribution in [3.63, 3.8) is 0 Å². The van der Waals surface area contributed by atoms with E-state index in [0.717, 1.165) is 34.4 Å². The van der Waals surface area contributed by atoms with Crippen molar-refractivity contribution in [2.24, 2.45) is 9.98 Å². The van der Waals surface area contributed by atoms with Gasteiger partial charge in [0.2, 0.25) is 6.08 Å². The van der Waals surface area contributed by atoms with E-state index >= 15 is 0 Å². The Bertz CT molecular complexity index is 773. The van der Waals surface area contributed by atoms with Crippen molar-refractivity contribution in [2.45, 2.75) is 20.3 Å². The van der Waals surface area contributed by atoms with Crippen molar-refractivity contribution < 1.29 is 9.59 Å². The highest BCUT2D eigenvalue weighted by Crippen LogP contribution is 2.23. The van der Waals surface area contributed by atoms with Crippen LogP contribution in [-0.4, -0.2) is 18.6 Å². The Kier molecular flexibility index (Phi) is 5.12. The van der Waals surface area contributed by atoms with Crippen molar-refractivity contribution in [2.75, 3.05) is 0 Å². The number of benzene rings is 2. The molecule has 22 heavy (non-hydrogen) atoms. The molecule has 0 bridgehead atoms. The lowest BCUT2D eigenvalue weighted by molar-refractivity contribution is -0.102. The van der Waals surface area contributed by atoms with Crippen LogP contribution in [0.1, 0.15) is 22.3 Å². The molecule has 0 unspecified atom stereocenters. The summed E-state index contributed by atoms with van der Waals surface area (Å²) in [6.45, 7) is 3.89. The summed E-state index contributed by atoms with van der Waals surface area (Å²) in [4.78, 5) is 28.4. The first-order valence-corrected chi connectivity index (χ1v) is 6.89. The minimum Gasteiger partial charge on any atom is -0.297 e. The molecule has 0 saturated carbocycles. The van der Waals surface area contributed by atoms with Gasteiger partial charge in [0.15, 0.2) is 6.29 Å². The molecule has 0 heterocycles. The lowest BCUT2D eigenvalue weighted by Gasteiger charge is -2.07. The van der Waals surface area contributed by atoms with Crippen LogP contribution in [0.3, 0.4) is 0 Å². The predicted octanol–water partition coefficient (Wildman–Crippen LogP) is 3.76. The summed E-state index contributed by atoms with van der Waals surface area (Å²) >= 11 is 0. The lowest BCUT2D eigenvalue weighted by atomic mass is 10.0. The molecule has 0 saturated heterocycles. The van der Waals surface area contributed by atoms with Gasteiger partial charge in [-0.25, -0.2) is 4.79 Å². The molecule has 0 radical (unpaired) electrons. The first-order chi connectivity index (χ1) is 10.6. The normalized spacial score (nSPS) is 10.5. The molecule has 0 spiro atoms. The fourth-order valence-electron chi connectivity index (χ4n) is 2.32. The highest BCUT2D eigenvalue weighted by atomic mass is 16.1. The zero-order valence-corrected chi connectivity index (χ0v) is 12.5. The molecule has 2 aromatic rings. The van der Waals surface area contributed by atoms with Crippen LogP contribution in [0.5, 0.6) is 0 Å². The van der Waals surface area contributed by atoms with Crippen LogP contribution in [-0.2, 0) is 16.0 Å². The number of hydrogen-bond acceptors (Lipinski definition) is 4. The third kappa shape index (κ3) is 3.84. The molecule has 4 nitrogen and oxygen atoms in total. The molecular formula is C18H16N2O2. The van der Waals surface area contributed by atoms with E-state index in [1.807, 2.05) is 44.2 Å². The fourth-order valence-corrected chi connectivity index (χ4v) is 2.32. The highest BCUT2D eigenvalue weighted by molar-refractivity contribution is 6.13. The summed E-state index contributed by atoms with van der Waals surface area (Å²) in [6, 6.07) is 11.8. The summed E-state index contributed by atoms with van der Waals surface area (Å²) in [5.74, 6) is 0. The standard InChI is InChI=1S/C18H16N2O2/c1-13-9-15(3-5-17(13)19-7-8-21)11-16-4-6-18(20-12-22)14(2)10-16/h3-10H,11H2,1-2H3. The van der Waals surface area contributed by atoms with E-state index in [1.165, 1.54) is 6.21 Å². The molecule has 0 N–H and O–H groups in total. The molecule has 0 aliphatic rings. The summed E-state index contributed by atoms with van der Waals surface area (Å²) in [6.07, 6.45) is 4.26. The Morgan fingerprint density at radius 2 is 1.59 bits per heavy atom. The van der Waals surface area contributed by atoms with Gasteiger partial charge in [-0.15, -0.1) is 0 Å². The summed E-state index contributed by atoms with van der Waals surface area (Å²) < 4.78 is 0. The minimum absolute atomic E-state index is 0.647. The maximum absolute atomic E-state index is 10.3. The van der Waals surface area contributed by atoms with Crippen LogP contribution in [0.4, 0.5) is 11.4 Å². The molecule has 0 aromatic heterocycles. The number of aliphatic imine (C=N–C) groups is 2. The number of carbonyl (C=O) groups is 1. The number of aldehydes is 1. The third-order valence-corrected chi connectivity index (χ3v) is 3.37. The van der Waals surface area contributed by atoms with Gasteiger partial charge in [0.25, 0.3) is 0 Å².